The molecule has 0 bridgehead atoms. The van der Waals surface area contributed by atoms with Gasteiger partial charge >= 0.3 is 0 Å². The molecule has 1 atom stereocenters. The molecule has 2 aliphatic rings. The van der Waals surface area contributed by atoms with Crippen LogP contribution in [-0.4, -0.2) is 31.7 Å². The van der Waals surface area contributed by atoms with Crippen molar-refractivity contribution in [1.29, 1.82) is 0 Å². The van der Waals surface area contributed by atoms with Crippen molar-refractivity contribution in [2.45, 2.75) is 43.0 Å². The summed E-state index contributed by atoms with van der Waals surface area (Å²) in [4.78, 5) is 12.8. The van der Waals surface area contributed by atoms with E-state index in [9.17, 15) is 13.2 Å². The van der Waals surface area contributed by atoms with Crippen LogP contribution in [0.2, 0.25) is 10.0 Å². The van der Waals surface area contributed by atoms with E-state index in [-0.39, 0.29) is 45.9 Å². The molecular formula is C22H24Cl2N2O3S. The van der Waals surface area contributed by atoms with E-state index in [1.54, 1.807) is 6.07 Å². The lowest BCUT2D eigenvalue weighted by Gasteiger charge is -2.33. The number of fused-ring (bicyclic) bond motifs is 1. The first-order chi connectivity index (χ1) is 14.4. The SMILES string of the molecule is O=C(N[C@H]1CCCc2ccccc21)C1CCN(S(=O)(=O)c2c(Cl)cccc2Cl)CC1. The maximum absolute atomic E-state index is 13.0. The van der Waals surface area contributed by atoms with Crippen molar-refractivity contribution in [3.05, 3.63) is 63.6 Å². The second-order valence-corrected chi connectivity index (χ2v) is 10.6. The quantitative estimate of drug-likeness (QED) is 0.716. The van der Waals surface area contributed by atoms with Crippen LogP contribution in [-0.2, 0) is 21.2 Å². The molecule has 0 unspecified atom stereocenters. The van der Waals surface area contributed by atoms with Crippen LogP contribution in [0.3, 0.4) is 0 Å². The molecule has 0 spiro atoms. The lowest BCUT2D eigenvalue weighted by molar-refractivity contribution is -0.127. The van der Waals surface area contributed by atoms with Crippen molar-refractivity contribution < 1.29 is 13.2 Å². The molecule has 0 radical (unpaired) electrons. The Balaban J connectivity index is 1.41. The van der Waals surface area contributed by atoms with Gasteiger partial charge in [-0.1, -0.05) is 53.5 Å². The number of aryl methyl sites for hydroxylation is 1. The number of hydrogen-bond donors (Lipinski definition) is 1. The number of benzene rings is 2. The molecule has 5 nitrogen and oxygen atoms in total. The molecule has 160 valence electrons. The van der Waals surface area contributed by atoms with Gasteiger partial charge in [-0.15, -0.1) is 0 Å². The molecule has 30 heavy (non-hydrogen) atoms. The largest absolute Gasteiger partial charge is 0.349 e. The molecule has 1 fully saturated rings. The summed E-state index contributed by atoms with van der Waals surface area (Å²) < 4.78 is 27.4. The molecule has 2 aromatic carbocycles. The number of hydrogen-bond acceptors (Lipinski definition) is 3. The molecule has 4 rings (SSSR count). The number of piperidine rings is 1. The first-order valence-electron chi connectivity index (χ1n) is 10.2. The maximum Gasteiger partial charge on any atom is 0.246 e. The van der Waals surface area contributed by atoms with Gasteiger partial charge in [0, 0.05) is 19.0 Å². The van der Waals surface area contributed by atoms with Crippen molar-refractivity contribution in [3.63, 3.8) is 0 Å². The highest BCUT2D eigenvalue weighted by atomic mass is 35.5. The summed E-state index contributed by atoms with van der Waals surface area (Å²) in [6.07, 6.45) is 3.98. The standard InChI is InChI=1S/C22H24Cl2N2O3S/c23-18-8-4-9-19(24)21(18)30(28,29)26-13-11-16(12-14-26)22(27)25-20-10-3-6-15-5-1-2-7-17(15)20/h1-2,4-5,7-9,16,20H,3,6,10-14H2,(H,25,27)/t20-/m0/s1. The second-order valence-electron chi connectivity index (χ2n) is 7.88. The number of amides is 1. The summed E-state index contributed by atoms with van der Waals surface area (Å²) in [7, 11) is -3.80. The van der Waals surface area contributed by atoms with Gasteiger partial charge in [0.25, 0.3) is 0 Å². The molecule has 0 saturated carbocycles. The molecule has 1 heterocycles. The fourth-order valence-corrected chi connectivity index (χ4v) is 6.97. The maximum atomic E-state index is 13.0. The van der Waals surface area contributed by atoms with Crippen molar-refractivity contribution in [3.8, 4) is 0 Å². The topological polar surface area (TPSA) is 66.5 Å². The third-order valence-corrected chi connectivity index (χ3v) is 8.88. The number of sulfonamides is 1. The van der Waals surface area contributed by atoms with E-state index in [1.807, 2.05) is 12.1 Å². The number of nitrogens with one attached hydrogen (secondary N) is 1. The Morgan fingerprint density at radius 2 is 1.63 bits per heavy atom. The Kier molecular flexibility index (Phi) is 6.39. The number of carbonyl (C=O) groups is 1. The number of rotatable bonds is 4. The van der Waals surface area contributed by atoms with Crippen molar-refractivity contribution in [2.75, 3.05) is 13.1 Å². The number of halogens is 2. The fraction of sp³-hybridized carbons (Fsp3) is 0.409. The van der Waals surface area contributed by atoms with Crippen LogP contribution in [0.5, 0.6) is 0 Å². The molecule has 2 aromatic rings. The fourth-order valence-electron chi connectivity index (χ4n) is 4.41. The highest BCUT2D eigenvalue weighted by Crippen LogP contribution is 2.34. The van der Waals surface area contributed by atoms with Crippen molar-refractivity contribution in [1.82, 2.24) is 9.62 Å². The van der Waals surface area contributed by atoms with Crippen molar-refractivity contribution >= 4 is 39.1 Å². The third kappa shape index (κ3) is 4.24. The highest BCUT2D eigenvalue weighted by molar-refractivity contribution is 7.89. The van der Waals surface area contributed by atoms with Crippen LogP contribution in [0, 0.1) is 5.92 Å². The minimum atomic E-state index is -3.80. The Labute approximate surface area is 187 Å². The Bertz CT molecular complexity index is 1030. The zero-order valence-corrected chi connectivity index (χ0v) is 18.8. The summed E-state index contributed by atoms with van der Waals surface area (Å²) in [6.45, 7) is 0.534. The minimum absolute atomic E-state index is 0.00419. The first kappa shape index (κ1) is 21.6. The molecular weight excluding hydrogens is 443 g/mol. The van der Waals surface area contributed by atoms with Crippen LogP contribution < -0.4 is 5.32 Å². The summed E-state index contributed by atoms with van der Waals surface area (Å²) in [5.74, 6) is -0.197. The van der Waals surface area contributed by atoms with Gasteiger partial charge in [0.2, 0.25) is 15.9 Å². The van der Waals surface area contributed by atoms with Gasteiger partial charge in [-0.3, -0.25) is 4.79 Å². The Morgan fingerprint density at radius 1 is 0.967 bits per heavy atom. The van der Waals surface area contributed by atoms with Crippen LogP contribution >= 0.6 is 23.2 Å². The normalized spacial score (nSPS) is 20.5. The van der Waals surface area contributed by atoms with Gasteiger partial charge in [0.15, 0.2) is 0 Å². The van der Waals surface area contributed by atoms with Gasteiger partial charge in [0.1, 0.15) is 4.90 Å². The molecule has 1 saturated heterocycles. The van der Waals surface area contributed by atoms with E-state index in [0.717, 1.165) is 19.3 Å². The van der Waals surface area contributed by atoms with Crippen molar-refractivity contribution in [2.24, 2.45) is 5.92 Å². The number of carbonyl (C=O) groups excluding carboxylic acids is 1. The van der Waals surface area contributed by atoms with E-state index in [1.165, 1.54) is 27.6 Å². The molecule has 1 N–H and O–H groups in total. The van der Waals surface area contributed by atoms with Gasteiger partial charge in [-0.25, -0.2) is 8.42 Å². The smallest absolute Gasteiger partial charge is 0.246 e. The predicted molar refractivity (Wildman–Crippen MR) is 118 cm³/mol. The summed E-state index contributed by atoms with van der Waals surface area (Å²) in [5, 5.41) is 3.42. The van der Waals surface area contributed by atoms with Crippen LogP contribution in [0.1, 0.15) is 42.9 Å². The molecule has 8 heteroatoms. The molecule has 1 aliphatic carbocycles. The van der Waals surface area contributed by atoms with E-state index in [2.05, 4.69) is 17.4 Å². The van der Waals surface area contributed by atoms with E-state index in [0.29, 0.717) is 12.8 Å². The Morgan fingerprint density at radius 3 is 2.33 bits per heavy atom. The average molecular weight is 467 g/mol. The molecule has 1 aliphatic heterocycles. The lowest BCUT2D eigenvalue weighted by atomic mass is 9.87. The van der Waals surface area contributed by atoms with Crippen LogP contribution in [0.25, 0.3) is 0 Å². The summed E-state index contributed by atoms with van der Waals surface area (Å²) in [6, 6.07) is 12.9. The summed E-state index contributed by atoms with van der Waals surface area (Å²) in [5.41, 5.74) is 2.50. The van der Waals surface area contributed by atoms with Gasteiger partial charge in [-0.05, 0) is 55.4 Å². The van der Waals surface area contributed by atoms with Gasteiger partial charge in [-0.2, -0.15) is 4.31 Å². The second kappa shape index (κ2) is 8.87. The molecule has 1 amide bonds. The zero-order chi connectivity index (χ0) is 21.3. The minimum Gasteiger partial charge on any atom is -0.349 e. The predicted octanol–water partition coefficient (Wildman–Crippen LogP) is 4.59. The van der Waals surface area contributed by atoms with Crippen LogP contribution in [0.15, 0.2) is 47.4 Å². The third-order valence-electron chi connectivity index (χ3n) is 6.03. The first-order valence-corrected chi connectivity index (χ1v) is 12.4. The highest BCUT2D eigenvalue weighted by Gasteiger charge is 2.35. The molecule has 0 aromatic heterocycles. The van der Waals surface area contributed by atoms with E-state index in [4.69, 9.17) is 23.2 Å². The lowest BCUT2D eigenvalue weighted by Crippen LogP contribution is -2.44. The monoisotopic (exact) mass is 466 g/mol. The average Bonchev–Trinajstić information content (AvgIpc) is 2.74. The number of nitrogens with zero attached hydrogens (tertiary/aromatic N) is 1. The van der Waals surface area contributed by atoms with E-state index >= 15 is 0 Å². The van der Waals surface area contributed by atoms with Gasteiger partial charge < -0.3 is 5.32 Å². The van der Waals surface area contributed by atoms with E-state index < -0.39 is 10.0 Å². The zero-order valence-electron chi connectivity index (χ0n) is 16.5. The van der Waals surface area contributed by atoms with Crippen LogP contribution in [0.4, 0.5) is 0 Å². The Hall–Kier alpha value is -1.60. The van der Waals surface area contributed by atoms with Gasteiger partial charge in [0.05, 0.1) is 16.1 Å². The summed E-state index contributed by atoms with van der Waals surface area (Å²) >= 11 is 12.2.